The fourth-order valence-corrected chi connectivity index (χ4v) is 3.69. The third-order valence-electron chi connectivity index (χ3n) is 5.09. The quantitative estimate of drug-likeness (QED) is 0.355. The molecule has 4 rings (SSSR count). The molecule has 0 amide bonds. The van der Waals surface area contributed by atoms with E-state index in [4.69, 9.17) is 14.5 Å². The van der Waals surface area contributed by atoms with Crippen LogP contribution in [-0.4, -0.2) is 24.2 Å². The molecular formula is C24H26Cl2N2O2. The third kappa shape index (κ3) is 4.61. The number of para-hydroxylation sites is 1. The lowest BCUT2D eigenvalue weighted by molar-refractivity contribution is 0.356. The van der Waals surface area contributed by atoms with Gasteiger partial charge < -0.3 is 9.47 Å². The van der Waals surface area contributed by atoms with Crippen LogP contribution < -0.4 is 9.47 Å². The Morgan fingerprint density at radius 3 is 2.23 bits per heavy atom. The molecule has 0 aliphatic rings. The lowest BCUT2D eigenvalue weighted by Crippen LogP contribution is -1.99. The Hall–Kier alpha value is -2.56. The number of nitrogens with zero attached hydrogens (tertiary/aromatic N) is 2. The third-order valence-corrected chi connectivity index (χ3v) is 5.09. The van der Waals surface area contributed by atoms with Crippen LogP contribution in [-0.2, 0) is 12.8 Å². The minimum Gasteiger partial charge on any atom is -0.493 e. The van der Waals surface area contributed by atoms with Crippen LogP contribution in [0.4, 0.5) is 0 Å². The molecule has 0 unspecified atom stereocenters. The van der Waals surface area contributed by atoms with Crippen molar-refractivity contribution in [3.05, 3.63) is 71.7 Å². The average molecular weight is 445 g/mol. The van der Waals surface area contributed by atoms with Crippen molar-refractivity contribution < 1.29 is 9.47 Å². The molecule has 0 aliphatic heterocycles. The first-order chi connectivity index (χ1) is 13.7. The number of halogens is 2. The molecule has 0 atom stereocenters. The molecule has 0 bridgehead atoms. The summed E-state index contributed by atoms with van der Waals surface area (Å²) in [5, 5.41) is 3.44. The van der Waals surface area contributed by atoms with Gasteiger partial charge in [-0.25, -0.2) is 0 Å². The summed E-state index contributed by atoms with van der Waals surface area (Å²) in [6, 6.07) is 14.5. The highest BCUT2D eigenvalue weighted by Crippen LogP contribution is 2.35. The van der Waals surface area contributed by atoms with E-state index in [1.807, 2.05) is 36.7 Å². The number of hydrogen-bond acceptors (Lipinski definition) is 4. The minimum absolute atomic E-state index is 0. The van der Waals surface area contributed by atoms with Crippen LogP contribution in [0.1, 0.15) is 30.2 Å². The number of aryl methyl sites for hydroxylation is 1. The van der Waals surface area contributed by atoms with E-state index in [0.29, 0.717) is 0 Å². The molecule has 0 aliphatic carbocycles. The van der Waals surface area contributed by atoms with E-state index in [1.165, 1.54) is 5.56 Å². The van der Waals surface area contributed by atoms with E-state index in [1.54, 1.807) is 14.2 Å². The van der Waals surface area contributed by atoms with Gasteiger partial charge >= 0.3 is 0 Å². The second-order valence-electron chi connectivity index (χ2n) is 6.95. The second-order valence-corrected chi connectivity index (χ2v) is 6.95. The highest BCUT2D eigenvalue weighted by molar-refractivity contribution is 5.91. The summed E-state index contributed by atoms with van der Waals surface area (Å²) in [5.41, 5.74) is 4.44. The molecule has 0 fully saturated rings. The van der Waals surface area contributed by atoms with Crippen LogP contribution in [0.5, 0.6) is 11.5 Å². The van der Waals surface area contributed by atoms with Gasteiger partial charge in [0.1, 0.15) is 0 Å². The maximum absolute atomic E-state index is 5.55. The smallest absolute Gasteiger partial charge is 0.161 e. The standard InChI is InChI=1S/C24H24N2O2.2ClH/c1-4-7-22-20-13-24(28-3)23(27-2)12-19(20)18(15-26-22)11-16-10-17-8-5-6-9-21(17)25-14-16;;/h5-6,8-10,12-15H,4,7,11H2,1-3H3;2*1H. The molecule has 30 heavy (non-hydrogen) atoms. The van der Waals surface area contributed by atoms with Crippen molar-refractivity contribution in [3.8, 4) is 11.5 Å². The Kier molecular flexibility index (Phi) is 8.27. The number of benzene rings is 2. The first kappa shape index (κ1) is 23.7. The number of ether oxygens (including phenoxy) is 2. The van der Waals surface area contributed by atoms with E-state index >= 15 is 0 Å². The van der Waals surface area contributed by atoms with Gasteiger partial charge in [0, 0.05) is 35.3 Å². The number of fused-ring (bicyclic) bond motifs is 2. The zero-order valence-electron chi connectivity index (χ0n) is 17.3. The predicted octanol–water partition coefficient (Wildman–Crippen LogP) is 6.19. The van der Waals surface area contributed by atoms with E-state index in [-0.39, 0.29) is 24.8 Å². The van der Waals surface area contributed by atoms with E-state index in [9.17, 15) is 0 Å². The number of aromatic nitrogens is 2. The Morgan fingerprint density at radius 1 is 0.833 bits per heavy atom. The molecule has 4 aromatic rings. The van der Waals surface area contributed by atoms with Crippen LogP contribution in [0.15, 0.2) is 54.9 Å². The molecule has 2 aromatic carbocycles. The van der Waals surface area contributed by atoms with Crippen molar-refractivity contribution in [2.75, 3.05) is 14.2 Å². The highest BCUT2D eigenvalue weighted by atomic mass is 35.5. The summed E-state index contributed by atoms with van der Waals surface area (Å²) in [6.45, 7) is 2.17. The van der Waals surface area contributed by atoms with Gasteiger partial charge in [0.25, 0.3) is 0 Å². The summed E-state index contributed by atoms with van der Waals surface area (Å²) in [7, 11) is 3.34. The molecule has 2 heterocycles. The van der Waals surface area contributed by atoms with Gasteiger partial charge in [0.05, 0.1) is 19.7 Å². The Balaban J connectivity index is 0.00000160. The average Bonchev–Trinajstić information content (AvgIpc) is 2.74. The van der Waals surface area contributed by atoms with Crippen molar-refractivity contribution in [2.24, 2.45) is 0 Å². The second kappa shape index (κ2) is 10.5. The van der Waals surface area contributed by atoms with E-state index in [2.05, 4.69) is 30.1 Å². The van der Waals surface area contributed by atoms with Crippen molar-refractivity contribution >= 4 is 46.5 Å². The topological polar surface area (TPSA) is 44.2 Å². The van der Waals surface area contributed by atoms with Gasteiger partial charge in [-0.05, 0) is 47.2 Å². The van der Waals surface area contributed by atoms with E-state index in [0.717, 1.165) is 63.7 Å². The number of hydrogen-bond donors (Lipinski definition) is 0. The molecule has 0 saturated carbocycles. The lowest BCUT2D eigenvalue weighted by atomic mass is 9.97. The van der Waals surface area contributed by atoms with Crippen molar-refractivity contribution in [2.45, 2.75) is 26.2 Å². The van der Waals surface area contributed by atoms with Gasteiger partial charge in [-0.1, -0.05) is 31.5 Å². The fraction of sp³-hybridized carbons (Fsp3) is 0.250. The summed E-state index contributed by atoms with van der Waals surface area (Å²) in [4.78, 5) is 9.37. The Morgan fingerprint density at radius 2 is 1.53 bits per heavy atom. The maximum Gasteiger partial charge on any atom is 0.161 e. The zero-order valence-corrected chi connectivity index (χ0v) is 19.0. The van der Waals surface area contributed by atoms with Crippen LogP contribution >= 0.6 is 24.8 Å². The van der Waals surface area contributed by atoms with Gasteiger partial charge in [-0.15, -0.1) is 24.8 Å². The van der Waals surface area contributed by atoms with Gasteiger partial charge in [0.15, 0.2) is 11.5 Å². The molecule has 0 N–H and O–H groups in total. The molecule has 2 aromatic heterocycles. The molecule has 4 nitrogen and oxygen atoms in total. The predicted molar refractivity (Wildman–Crippen MR) is 128 cm³/mol. The molecule has 0 saturated heterocycles. The molecule has 0 radical (unpaired) electrons. The van der Waals surface area contributed by atoms with Crippen LogP contribution in [0.3, 0.4) is 0 Å². The SMILES string of the molecule is CCCc1ncc(Cc2cnc3ccccc3c2)c2cc(OC)c(OC)cc12.Cl.Cl. The summed E-state index contributed by atoms with van der Waals surface area (Å²) in [5.74, 6) is 1.47. The lowest BCUT2D eigenvalue weighted by Gasteiger charge is -2.14. The number of methoxy groups -OCH3 is 2. The number of pyridine rings is 2. The molecule has 158 valence electrons. The Labute approximate surface area is 189 Å². The van der Waals surface area contributed by atoms with Gasteiger partial charge in [0.2, 0.25) is 0 Å². The van der Waals surface area contributed by atoms with Crippen molar-refractivity contribution in [1.29, 1.82) is 0 Å². The van der Waals surface area contributed by atoms with Crippen LogP contribution in [0.25, 0.3) is 21.7 Å². The zero-order chi connectivity index (χ0) is 19.5. The van der Waals surface area contributed by atoms with Crippen molar-refractivity contribution in [3.63, 3.8) is 0 Å². The van der Waals surface area contributed by atoms with Crippen LogP contribution in [0, 0.1) is 0 Å². The summed E-state index contributed by atoms with van der Waals surface area (Å²) in [6.07, 6.45) is 6.70. The molecule has 0 spiro atoms. The largest absolute Gasteiger partial charge is 0.493 e. The highest BCUT2D eigenvalue weighted by Gasteiger charge is 2.14. The first-order valence-electron chi connectivity index (χ1n) is 9.59. The van der Waals surface area contributed by atoms with Gasteiger partial charge in [-0.2, -0.15) is 0 Å². The van der Waals surface area contributed by atoms with Crippen LogP contribution in [0.2, 0.25) is 0 Å². The van der Waals surface area contributed by atoms with Crippen molar-refractivity contribution in [1.82, 2.24) is 9.97 Å². The summed E-state index contributed by atoms with van der Waals surface area (Å²) >= 11 is 0. The summed E-state index contributed by atoms with van der Waals surface area (Å²) < 4.78 is 11.1. The first-order valence-corrected chi connectivity index (χ1v) is 9.59. The molecule has 6 heteroatoms. The minimum atomic E-state index is 0. The van der Waals surface area contributed by atoms with Gasteiger partial charge in [-0.3, -0.25) is 9.97 Å². The molecular weight excluding hydrogens is 419 g/mol. The fourth-order valence-electron chi connectivity index (χ4n) is 3.69. The number of rotatable bonds is 6. The maximum atomic E-state index is 5.55. The monoisotopic (exact) mass is 444 g/mol. The Bertz CT molecular complexity index is 1150. The van der Waals surface area contributed by atoms with E-state index < -0.39 is 0 Å². The normalized spacial score (nSPS) is 10.4.